The molecule has 122 valence electrons. The van der Waals surface area contributed by atoms with Crippen molar-refractivity contribution >= 4 is 24.8 Å². The molecule has 0 unspecified atom stereocenters. The van der Waals surface area contributed by atoms with E-state index in [4.69, 9.17) is 15.0 Å². The minimum absolute atomic E-state index is 0. The molecule has 22 heavy (non-hydrogen) atoms. The van der Waals surface area contributed by atoms with Crippen LogP contribution in [0.5, 0.6) is 0 Å². The van der Waals surface area contributed by atoms with Gasteiger partial charge in [0.1, 0.15) is 6.04 Å². The largest absolute Gasteiger partial charge is 0.375 e. The van der Waals surface area contributed by atoms with E-state index in [1.165, 1.54) is 0 Å². The van der Waals surface area contributed by atoms with E-state index in [1.54, 1.807) is 0 Å². The first-order valence-electron chi connectivity index (χ1n) is 6.76. The van der Waals surface area contributed by atoms with E-state index in [0.717, 1.165) is 17.7 Å². The van der Waals surface area contributed by atoms with E-state index in [2.05, 4.69) is 15.5 Å². The number of benzene rings is 1. The van der Waals surface area contributed by atoms with Gasteiger partial charge >= 0.3 is 0 Å². The highest BCUT2D eigenvalue weighted by Crippen LogP contribution is 2.23. The summed E-state index contributed by atoms with van der Waals surface area (Å²) in [5, 5.41) is 7.37. The fourth-order valence-electron chi connectivity index (χ4n) is 2.28. The van der Waals surface area contributed by atoms with Crippen LogP contribution in [0.15, 0.2) is 28.8 Å². The highest BCUT2D eigenvalue weighted by molar-refractivity contribution is 5.85. The Hall–Kier alpha value is -1.18. The summed E-state index contributed by atoms with van der Waals surface area (Å²) in [6, 6.07) is 7.79. The topological polar surface area (TPSA) is 86.2 Å². The first kappa shape index (κ1) is 18.9. The summed E-state index contributed by atoms with van der Waals surface area (Å²) in [6.07, 6.45) is 0.0247. The molecule has 3 rings (SSSR count). The van der Waals surface area contributed by atoms with E-state index >= 15 is 0 Å². The molecule has 3 N–H and O–H groups in total. The monoisotopic (exact) mass is 346 g/mol. The first-order valence-corrected chi connectivity index (χ1v) is 6.76. The molecule has 1 saturated heterocycles. The van der Waals surface area contributed by atoms with Gasteiger partial charge in [0.2, 0.25) is 11.7 Å². The van der Waals surface area contributed by atoms with Crippen LogP contribution in [0, 0.1) is 0 Å². The zero-order valence-electron chi connectivity index (χ0n) is 12.2. The minimum atomic E-state index is -0.0479. The Morgan fingerprint density at radius 3 is 2.64 bits per heavy atom. The molecular weight excluding hydrogens is 327 g/mol. The van der Waals surface area contributed by atoms with Crippen LogP contribution >= 0.6 is 24.8 Å². The summed E-state index contributed by atoms with van der Waals surface area (Å²) in [5.41, 5.74) is 7.58. The average Bonchev–Trinajstić information content (AvgIpc) is 2.97. The number of nitrogens with one attached hydrogen (secondary N) is 1. The second kappa shape index (κ2) is 8.45. The standard InChI is InChI=1S/C14H18N4O2.2ClH/c1-9-12(16-6-7-19-9)14-17-13(18-20-14)11-4-2-10(8-15)3-5-11;;/h2-5,9,12,16H,6-8,15H2,1H3;2*1H/t9-,12+;;/m1../s1. The van der Waals surface area contributed by atoms with Crippen LogP contribution in [-0.2, 0) is 11.3 Å². The SMILES string of the molecule is C[C@H]1OCCN[C@@H]1c1nc(-c2ccc(CN)cc2)no1.Cl.Cl. The number of hydrogen-bond acceptors (Lipinski definition) is 6. The van der Waals surface area contributed by atoms with Crippen molar-refractivity contribution in [1.29, 1.82) is 0 Å². The Morgan fingerprint density at radius 1 is 1.27 bits per heavy atom. The van der Waals surface area contributed by atoms with Crippen molar-refractivity contribution < 1.29 is 9.26 Å². The zero-order chi connectivity index (χ0) is 13.9. The summed E-state index contributed by atoms with van der Waals surface area (Å²) in [5.74, 6) is 1.15. The molecule has 1 aromatic carbocycles. The molecule has 1 aromatic heterocycles. The summed E-state index contributed by atoms with van der Waals surface area (Å²) < 4.78 is 10.9. The second-order valence-corrected chi connectivity index (χ2v) is 4.86. The van der Waals surface area contributed by atoms with Crippen molar-refractivity contribution in [1.82, 2.24) is 15.5 Å². The first-order chi connectivity index (χ1) is 9.78. The number of morpholine rings is 1. The van der Waals surface area contributed by atoms with Gasteiger partial charge in [-0.3, -0.25) is 0 Å². The predicted octanol–water partition coefficient (Wildman–Crippen LogP) is 2.09. The third-order valence-electron chi connectivity index (χ3n) is 3.47. The highest BCUT2D eigenvalue weighted by atomic mass is 35.5. The third-order valence-corrected chi connectivity index (χ3v) is 3.47. The maximum Gasteiger partial charge on any atom is 0.246 e. The predicted molar refractivity (Wildman–Crippen MR) is 88.3 cm³/mol. The Kier molecular flexibility index (Phi) is 7.25. The normalized spacial score (nSPS) is 20.8. The molecule has 0 amide bonds. The van der Waals surface area contributed by atoms with E-state index < -0.39 is 0 Å². The summed E-state index contributed by atoms with van der Waals surface area (Å²) in [4.78, 5) is 4.46. The molecule has 0 spiro atoms. The van der Waals surface area contributed by atoms with Gasteiger partial charge in [-0.05, 0) is 12.5 Å². The van der Waals surface area contributed by atoms with E-state index in [-0.39, 0.29) is 37.0 Å². The van der Waals surface area contributed by atoms with Gasteiger partial charge in [-0.1, -0.05) is 29.4 Å². The van der Waals surface area contributed by atoms with Crippen LogP contribution in [0.25, 0.3) is 11.4 Å². The number of nitrogens with two attached hydrogens (primary N) is 1. The van der Waals surface area contributed by atoms with Crippen molar-refractivity contribution in [2.75, 3.05) is 13.2 Å². The van der Waals surface area contributed by atoms with Gasteiger partial charge in [-0.25, -0.2) is 0 Å². The van der Waals surface area contributed by atoms with Crippen molar-refractivity contribution in [2.24, 2.45) is 5.73 Å². The van der Waals surface area contributed by atoms with Gasteiger partial charge in [-0.2, -0.15) is 4.98 Å². The van der Waals surface area contributed by atoms with Gasteiger partial charge in [0, 0.05) is 18.7 Å². The summed E-state index contributed by atoms with van der Waals surface area (Å²) in [7, 11) is 0. The van der Waals surface area contributed by atoms with Crippen molar-refractivity contribution in [2.45, 2.75) is 25.6 Å². The average molecular weight is 347 g/mol. The van der Waals surface area contributed by atoms with Gasteiger partial charge in [-0.15, -0.1) is 24.8 Å². The fraction of sp³-hybridized carbons (Fsp3) is 0.429. The number of hydrogen-bond donors (Lipinski definition) is 2. The Morgan fingerprint density at radius 2 is 2.00 bits per heavy atom. The molecule has 6 nitrogen and oxygen atoms in total. The minimum Gasteiger partial charge on any atom is -0.375 e. The smallest absolute Gasteiger partial charge is 0.246 e. The van der Waals surface area contributed by atoms with E-state index in [1.807, 2.05) is 31.2 Å². The Balaban J connectivity index is 0.00000121. The van der Waals surface area contributed by atoms with Crippen LogP contribution < -0.4 is 11.1 Å². The molecule has 8 heteroatoms. The highest BCUT2D eigenvalue weighted by Gasteiger charge is 2.28. The van der Waals surface area contributed by atoms with Crippen LogP contribution in [0.1, 0.15) is 24.4 Å². The van der Waals surface area contributed by atoms with Crippen LogP contribution in [0.4, 0.5) is 0 Å². The Labute approximate surface area is 141 Å². The molecule has 2 heterocycles. The lowest BCUT2D eigenvalue weighted by Gasteiger charge is -2.27. The molecule has 0 bridgehead atoms. The molecular formula is C14H20Cl2N4O2. The maximum atomic E-state index is 5.59. The van der Waals surface area contributed by atoms with Gasteiger partial charge in [0.05, 0.1) is 12.7 Å². The number of nitrogens with zero attached hydrogens (tertiary/aromatic N) is 2. The van der Waals surface area contributed by atoms with E-state index in [0.29, 0.717) is 24.9 Å². The number of rotatable bonds is 3. The quantitative estimate of drug-likeness (QED) is 0.884. The number of aromatic nitrogens is 2. The zero-order valence-corrected chi connectivity index (χ0v) is 13.8. The van der Waals surface area contributed by atoms with Crippen molar-refractivity contribution in [3.63, 3.8) is 0 Å². The second-order valence-electron chi connectivity index (χ2n) is 4.86. The van der Waals surface area contributed by atoms with Crippen molar-refractivity contribution in [3.05, 3.63) is 35.7 Å². The third kappa shape index (κ3) is 3.97. The number of ether oxygens (including phenoxy) is 1. The summed E-state index contributed by atoms with van der Waals surface area (Å²) in [6.45, 7) is 4.02. The lowest BCUT2D eigenvalue weighted by Crippen LogP contribution is -2.40. The molecule has 1 aliphatic heterocycles. The van der Waals surface area contributed by atoms with Gasteiger partial charge < -0.3 is 20.3 Å². The summed E-state index contributed by atoms with van der Waals surface area (Å²) >= 11 is 0. The Bertz CT molecular complexity index is 576. The molecule has 0 radical (unpaired) electrons. The maximum absolute atomic E-state index is 5.59. The lowest BCUT2D eigenvalue weighted by molar-refractivity contribution is -0.00136. The molecule has 1 fully saturated rings. The number of halogens is 2. The molecule has 1 aliphatic rings. The molecule has 2 aromatic rings. The van der Waals surface area contributed by atoms with E-state index in [9.17, 15) is 0 Å². The van der Waals surface area contributed by atoms with Crippen LogP contribution in [0.2, 0.25) is 0 Å². The van der Waals surface area contributed by atoms with Crippen LogP contribution in [0.3, 0.4) is 0 Å². The van der Waals surface area contributed by atoms with Crippen molar-refractivity contribution in [3.8, 4) is 11.4 Å². The van der Waals surface area contributed by atoms with Gasteiger partial charge in [0.15, 0.2) is 0 Å². The molecule has 0 aliphatic carbocycles. The molecule has 2 atom stereocenters. The molecule has 0 saturated carbocycles. The van der Waals surface area contributed by atoms with Gasteiger partial charge in [0.25, 0.3) is 0 Å². The lowest BCUT2D eigenvalue weighted by atomic mass is 10.1. The van der Waals surface area contributed by atoms with Crippen LogP contribution in [-0.4, -0.2) is 29.4 Å². The fourth-order valence-corrected chi connectivity index (χ4v) is 2.28.